The molecule has 2 aromatic heterocycles. The molecule has 0 unspecified atom stereocenters. The molecule has 7 rings (SSSR count). The lowest BCUT2D eigenvalue weighted by Crippen LogP contribution is -2.61. The number of hydrogen-bond donors (Lipinski definition) is 6. The minimum atomic E-state index is -2.48. The van der Waals surface area contributed by atoms with Gasteiger partial charge in [0, 0.05) is 142 Å². The number of cyclic esters (lactones) is 1. The van der Waals surface area contributed by atoms with Crippen molar-refractivity contribution < 1.29 is 82.0 Å². The minimum Gasteiger partial charge on any atom is -0.459 e. The van der Waals surface area contributed by atoms with Crippen LogP contribution >= 0.6 is 0 Å². The van der Waals surface area contributed by atoms with Crippen molar-refractivity contribution in [2.24, 2.45) is 35.3 Å². The van der Waals surface area contributed by atoms with Gasteiger partial charge in [0.15, 0.2) is 5.78 Å². The Morgan fingerprint density at radius 2 is 1.47 bits per heavy atom. The largest absolute Gasteiger partial charge is 0.459 e. The van der Waals surface area contributed by atoms with Crippen LogP contribution in [0.2, 0.25) is 0 Å². The molecule has 8 N–H and O–H groups in total. The van der Waals surface area contributed by atoms with E-state index in [0.717, 1.165) is 5.57 Å². The molecule has 556 valence electrons. The average Bonchev–Trinajstić information content (AvgIpc) is 0.775. The zero-order valence-electron chi connectivity index (χ0n) is 60.4. The number of piperazine rings is 1. The summed E-state index contributed by atoms with van der Waals surface area (Å²) >= 11 is 0. The van der Waals surface area contributed by atoms with Crippen LogP contribution < -0.4 is 26.6 Å². The molecule has 0 aromatic carbocycles. The molecule has 2 aromatic rings. The maximum Gasteiger partial charge on any atom is 0.407 e. The standard InChI is InChI=1S/C72H111N11O17/c1-12-96-32-33-97-31-30-80(8)66(88)53-43-77-70(79-65(53)74)82-28-26-81(27-29-82)69-75-40-51(41-76-69)42-78-71(91)99-56-24-22-50(37-60(56)95-11)36-54(73)59-39-58(94-10)46(4)35-48(6)62(85)63(86)61(84)47(5)34-44(2)18-14-13-15-19-45(3)57(93-9)38-52-23-21-49(7)72(92,100-52)64(87)67(89)83-25-17-16-20-55(83)68(90)98-59/h13-15,18-19,35,40-41,43-44,46-47,49-50,52,54-60,62-63,85-86,92H,12,16-17,20-34,36-39,42,73H2,1-11H3,(H,78,91)(H2,74,77,79)/b15-13+,18-14+,45-19+,48-35+/t44-,46-,47-,49-,50+,52+,54-,55+,56-,57+,58-,59+,60-,62-,63+,72-/m1/s1. The molecular formula is C72H111N11O17. The molecule has 16 atom stereocenters. The van der Waals surface area contributed by atoms with Crippen molar-refractivity contribution in [3.05, 3.63) is 77.3 Å². The average molecular weight is 1400 g/mol. The van der Waals surface area contributed by atoms with Crippen LogP contribution in [0.4, 0.5) is 22.5 Å². The Labute approximate surface area is 588 Å². The molecule has 5 aliphatic rings. The number of ether oxygens (including phenoxy) is 8. The summed E-state index contributed by atoms with van der Waals surface area (Å²) in [6.07, 6.45) is 12.5. The fraction of sp³-hybridized carbons (Fsp3) is 0.694. The number of aliphatic hydroxyl groups excluding tert-OH is 2. The summed E-state index contributed by atoms with van der Waals surface area (Å²) in [5.74, 6) is -7.32. The number of aliphatic hydroxyl groups is 3. The Bertz CT molecular complexity index is 3130. The number of piperidine rings is 1. The molecule has 1 aliphatic carbocycles. The number of nitrogens with two attached hydrogens (primary N) is 2. The number of hydrogen-bond acceptors (Lipinski definition) is 25. The number of allylic oxidation sites excluding steroid dienone is 5. The van der Waals surface area contributed by atoms with Gasteiger partial charge >= 0.3 is 12.1 Å². The Morgan fingerprint density at radius 3 is 2.15 bits per heavy atom. The van der Waals surface area contributed by atoms with Crippen LogP contribution in [0.1, 0.15) is 141 Å². The number of aromatic nitrogens is 4. The highest BCUT2D eigenvalue weighted by Crippen LogP contribution is 2.38. The lowest BCUT2D eigenvalue weighted by molar-refractivity contribution is -0.265. The summed E-state index contributed by atoms with van der Waals surface area (Å²) in [6, 6.07) is -2.05. The van der Waals surface area contributed by atoms with E-state index in [1.165, 1.54) is 23.1 Å². The van der Waals surface area contributed by atoms with Crippen molar-refractivity contribution in [3.8, 4) is 0 Å². The monoisotopic (exact) mass is 1400 g/mol. The number of nitrogens with zero attached hydrogens (tertiary/aromatic N) is 8. The second kappa shape index (κ2) is 39.0. The highest BCUT2D eigenvalue weighted by Gasteiger charge is 2.53. The zero-order chi connectivity index (χ0) is 72.8. The van der Waals surface area contributed by atoms with E-state index in [4.69, 9.17) is 49.4 Å². The fourth-order valence-corrected chi connectivity index (χ4v) is 13.9. The first-order valence-electron chi connectivity index (χ1n) is 35.5. The minimum absolute atomic E-state index is 0.0323. The van der Waals surface area contributed by atoms with Gasteiger partial charge in [0.25, 0.3) is 17.6 Å². The summed E-state index contributed by atoms with van der Waals surface area (Å²) in [5.41, 5.74) is 15.5. The quantitative estimate of drug-likeness (QED) is 0.0455. The van der Waals surface area contributed by atoms with Crippen LogP contribution in [0.15, 0.2) is 66.2 Å². The number of rotatable bonds is 19. The van der Waals surface area contributed by atoms with Gasteiger partial charge in [0.05, 0.1) is 44.2 Å². The van der Waals surface area contributed by atoms with Gasteiger partial charge < -0.3 is 89.6 Å². The Hall–Kier alpha value is -6.86. The number of carbonyl (C=O) groups excluding carboxylic acids is 6. The molecule has 2 bridgehead atoms. The number of ketones is 2. The van der Waals surface area contributed by atoms with Gasteiger partial charge in [-0.2, -0.15) is 4.98 Å². The number of Topliss-reactive ketones (excluding diaryl/α,β-unsaturated/α-hetero) is 2. The van der Waals surface area contributed by atoms with Gasteiger partial charge in [-0.1, -0.05) is 64.2 Å². The van der Waals surface area contributed by atoms with E-state index in [2.05, 4.69) is 25.3 Å². The summed E-state index contributed by atoms with van der Waals surface area (Å²) in [6.45, 7) is 17.2. The number of amides is 3. The summed E-state index contributed by atoms with van der Waals surface area (Å²) in [7, 11) is 6.27. The van der Waals surface area contributed by atoms with E-state index in [9.17, 15) is 44.1 Å². The van der Waals surface area contributed by atoms with Gasteiger partial charge in [-0.3, -0.25) is 19.2 Å². The molecule has 3 saturated heterocycles. The molecule has 1 saturated carbocycles. The van der Waals surface area contributed by atoms with Crippen molar-refractivity contribution in [2.75, 3.05) is 110 Å². The van der Waals surface area contributed by atoms with Crippen LogP contribution in [0.3, 0.4) is 0 Å². The summed E-state index contributed by atoms with van der Waals surface area (Å²) in [5, 5.41) is 37.7. The van der Waals surface area contributed by atoms with Gasteiger partial charge in [-0.05, 0) is 108 Å². The molecule has 4 fully saturated rings. The molecule has 0 spiro atoms. The second-order valence-corrected chi connectivity index (χ2v) is 27.6. The Kier molecular flexibility index (Phi) is 31.4. The molecular weight excluding hydrogens is 1290 g/mol. The predicted octanol–water partition coefficient (Wildman–Crippen LogP) is 5.21. The van der Waals surface area contributed by atoms with E-state index in [-0.39, 0.29) is 61.5 Å². The molecule has 0 radical (unpaired) electrons. The smallest absolute Gasteiger partial charge is 0.407 e. The number of fused-ring (bicyclic) bond motifs is 3. The van der Waals surface area contributed by atoms with Gasteiger partial charge in [0.1, 0.15) is 41.8 Å². The number of anilines is 3. The SMILES string of the molecule is CCOCCOCCN(C)C(=O)c1cnc(N2CCN(c3ncc(CNC(=O)O[C@@H]4CC[C@@H](C[C@@H](N)[C@@H]5C[C@@H](OC)[C@H](C)/C=C(\C)[C@@H](O)[C@@H](O)C(=O)[C@H](C)C[C@H](C)/C=C/C=C/C=C(\C)[C@@H](OC)C[C@@H]6CC[C@@H](C)[C@@](O)(O6)C(=O)C(=O)N6CCCC[C@H]6C(=O)O5)C[C@H]4OC)cn3)CC2)nc1N. The van der Waals surface area contributed by atoms with E-state index in [0.29, 0.717) is 140 Å². The highest BCUT2D eigenvalue weighted by atomic mass is 16.6. The lowest BCUT2D eigenvalue weighted by atomic mass is 9.80. The third kappa shape index (κ3) is 22.1. The van der Waals surface area contributed by atoms with Crippen molar-refractivity contribution in [1.82, 2.24) is 35.1 Å². The van der Waals surface area contributed by atoms with Crippen molar-refractivity contribution in [1.29, 1.82) is 0 Å². The zero-order valence-corrected chi connectivity index (χ0v) is 60.4. The van der Waals surface area contributed by atoms with E-state index < -0.39 is 114 Å². The predicted molar refractivity (Wildman–Crippen MR) is 373 cm³/mol. The van der Waals surface area contributed by atoms with Crippen LogP contribution in [0.25, 0.3) is 0 Å². The third-order valence-electron chi connectivity index (χ3n) is 20.2. The number of methoxy groups -OCH3 is 3. The van der Waals surface area contributed by atoms with Crippen molar-refractivity contribution in [3.63, 3.8) is 0 Å². The van der Waals surface area contributed by atoms with Crippen molar-refractivity contribution in [2.45, 2.75) is 199 Å². The van der Waals surface area contributed by atoms with E-state index >= 15 is 0 Å². The molecule has 4 aliphatic heterocycles. The normalized spacial score (nSPS) is 31.9. The first-order chi connectivity index (χ1) is 47.8. The molecule has 6 heterocycles. The molecule has 28 heteroatoms. The van der Waals surface area contributed by atoms with Crippen LogP contribution in [0, 0.1) is 29.6 Å². The Morgan fingerprint density at radius 1 is 0.780 bits per heavy atom. The summed E-state index contributed by atoms with van der Waals surface area (Å²) in [4.78, 5) is 109. The topological polar surface area (TPSA) is 366 Å². The second-order valence-electron chi connectivity index (χ2n) is 27.6. The van der Waals surface area contributed by atoms with Gasteiger partial charge in [0.2, 0.25) is 17.7 Å². The number of carbonyl (C=O) groups is 6. The molecule has 28 nitrogen and oxygen atoms in total. The van der Waals surface area contributed by atoms with Crippen LogP contribution in [0.5, 0.6) is 0 Å². The van der Waals surface area contributed by atoms with E-state index in [1.54, 1.807) is 60.5 Å². The van der Waals surface area contributed by atoms with Crippen LogP contribution in [-0.2, 0) is 63.6 Å². The lowest BCUT2D eigenvalue weighted by Gasteiger charge is -2.43. The third-order valence-corrected chi connectivity index (χ3v) is 20.2. The summed E-state index contributed by atoms with van der Waals surface area (Å²) < 4.78 is 47.4. The van der Waals surface area contributed by atoms with Gasteiger partial charge in [-0.25, -0.2) is 24.5 Å². The Balaban J connectivity index is 0.983. The number of alkyl carbamates (subject to hydrolysis) is 1. The molecule has 3 amide bonds. The van der Waals surface area contributed by atoms with Crippen LogP contribution in [-0.4, -0.2) is 241 Å². The maximum atomic E-state index is 14.8. The fourth-order valence-electron chi connectivity index (χ4n) is 13.9. The van der Waals surface area contributed by atoms with Crippen molar-refractivity contribution >= 4 is 53.2 Å². The van der Waals surface area contributed by atoms with E-state index in [1.807, 2.05) is 67.9 Å². The number of nitrogen functional groups attached to an aromatic ring is 1. The van der Waals surface area contributed by atoms with Gasteiger partial charge in [-0.15, -0.1) is 0 Å². The first-order valence-corrected chi connectivity index (χ1v) is 35.5. The highest BCUT2D eigenvalue weighted by molar-refractivity contribution is 6.39. The first kappa shape index (κ1) is 80.5. The maximum absolute atomic E-state index is 14.8. The number of likely N-dealkylation sites (N-methyl/N-ethyl adjacent to an activating group) is 1. The molecule has 100 heavy (non-hydrogen) atoms. The number of esters is 1. The number of nitrogens with one attached hydrogen (secondary N) is 1.